The zero-order valence-corrected chi connectivity index (χ0v) is 10.7. The molecule has 68 valence electrons. The highest BCUT2D eigenvalue weighted by Crippen LogP contribution is 2.36. The van der Waals surface area contributed by atoms with Gasteiger partial charge in [0.05, 0.1) is 13.7 Å². The molecule has 0 radical (unpaired) electrons. The Morgan fingerprint density at radius 1 is 1.58 bits per heavy atom. The molecule has 0 aliphatic carbocycles. The number of aliphatic hydroxyl groups is 1. The molecule has 1 unspecified atom stereocenters. The largest absolute Gasteiger partial charge is 0.388 e. The first kappa shape index (κ1) is 10.7. The van der Waals surface area contributed by atoms with Crippen molar-refractivity contribution in [3.05, 3.63) is 19.2 Å². The lowest BCUT2D eigenvalue weighted by Gasteiger charge is -2.06. The molecule has 0 fully saturated rings. The van der Waals surface area contributed by atoms with Crippen molar-refractivity contribution in [3.63, 3.8) is 0 Å². The molecule has 4 heteroatoms. The monoisotopic (exact) mass is 312 g/mol. The molecule has 0 amide bonds. The maximum Gasteiger partial charge on any atom is 0.0809 e. The van der Waals surface area contributed by atoms with E-state index in [1.807, 2.05) is 6.07 Å². The lowest BCUT2D eigenvalue weighted by atomic mass is 10.1. The van der Waals surface area contributed by atoms with Crippen LogP contribution in [0.5, 0.6) is 0 Å². The topological polar surface area (TPSA) is 20.2 Å². The quantitative estimate of drug-likeness (QED) is 0.890. The molecule has 0 bridgehead atoms. The zero-order chi connectivity index (χ0) is 9.14. The van der Waals surface area contributed by atoms with Crippen LogP contribution in [0.25, 0.3) is 0 Å². The molecule has 0 saturated heterocycles. The van der Waals surface area contributed by atoms with Crippen LogP contribution in [-0.2, 0) is 0 Å². The van der Waals surface area contributed by atoms with Crippen LogP contribution >= 0.6 is 43.2 Å². The second kappa shape index (κ2) is 4.74. The molecule has 1 N–H and O–H groups in total. The van der Waals surface area contributed by atoms with Crippen LogP contribution in [0.2, 0.25) is 0 Å². The van der Waals surface area contributed by atoms with E-state index >= 15 is 0 Å². The summed E-state index contributed by atoms with van der Waals surface area (Å²) in [6.45, 7) is 2.07. The van der Waals surface area contributed by atoms with Gasteiger partial charge in [-0.05, 0) is 44.3 Å². The van der Waals surface area contributed by atoms with Gasteiger partial charge < -0.3 is 5.11 Å². The Kier molecular flexibility index (Phi) is 4.23. The molecular formula is C8H10Br2OS. The highest BCUT2D eigenvalue weighted by molar-refractivity contribution is 9.12. The Bertz CT molecular complexity index is 260. The van der Waals surface area contributed by atoms with Crippen molar-refractivity contribution in [2.75, 3.05) is 0 Å². The molecule has 1 nitrogen and oxygen atoms in total. The number of rotatable bonds is 3. The lowest BCUT2D eigenvalue weighted by molar-refractivity contribution is 0.166. The third-order valence-electron chi connectivity index (χ3n) is 1.60. The molecule has 1 atom stereocenters. The third-order valence-corrected chi connectivity index (χ3v) is 3.99. The lowest BCUT2D eigenvalue weighted by Crippen LogP contribution is -1.94. The van der Waals surface area contributed by atoms with Crippen LogP contribution in [0.15, 0.2) is 13.6 Å². The maximum atomic E-state index is 9.67. The Hall–Kier alpha value is 0.620. The molecule has 0 saturated carbocycles. The summed E-state index contributed by atoms with van der Waals surface area (Å²) >= 11 is 8.39. The minimum atomic E-state index is -0.327. The van der Waals surface area contributed by atoms with Gasteiger partial charge >= 0.3 is 0 Å². The van der Waals surface area contributed by atoms with Crippen LogP contribution in [0.1, 0.15) is 31.4 Å². The molecule has 0 spiro atoms. The van der Waals surface area contributed by atoms with Crippen molar-refractivity contribution in [1.29, 1.82) is 0 Å². The van der Waals surface area contributed by atoms with E-state index in [-0.39, 0.29) is 6.10 Å². The minimum Gasteiger partial charge on any atom is -0.388 e. The first-order valence-electron chi connectivity index (χ1n) is 3.78. The summed E-state index contributed by atoms with van der Waals surface area (Å²) in [5, 5.41) is 9.67. The van der Waals surface area contributed by atoms with Crippen molar-refractivity contribution in [3.8, 4) is 0 Å². The third kappa shape index (κ3) is 2.55. The second-order valence-electron chi connectivity index (χ2n) is 2.58. The number of aliphatic hydroxyl groups excluding tert-OH is 1. The van der Waals surface area contributed by atoms with Crippen molar-refractivity contribution < 1.29 is 5.11 Å². The van der Waals surface area contributed by atoms with Gasteiger partial charge in [0, 0.05) is 5.56 Å². The van der Waals surface area contributed by atoms with Crippen molar-refractivity contribution in [2.45, 2.75) is 25.9 Å². The molecule has 1 aromatic heterocycles. The van der Waals surface area contributed by atoms with Crippen LogP contribution in [-0.4, -0.2) is 5.11 Å². The fraction of sp³-hybridized carbons (Fsp3) is 0.500. The maximum absolute atomic E-state index is 9.67. The smallest absolute Gasteiger partial charge is 0.0809 e. The number of hydrogen-bond acceptors (Lipinski definition) is 2. The standard InChI is InChI=1S/C8H10Br2OS/c1-2-3-6(11)5-4-7(9)12-8(5)10/h4,6,11H,2-3H2,1H3. The Morgan fingerprint density at radius 2 is 2.25 bits per heavy atom. The fourth-order valence-corrected chi connectivity index (χ4v) is 3.96. The summed E-state index contributed by atoms with van der Waals surface area (Å²) in [4.78, 5) is 0. The van der Waals surface area contributed by atoms with E-state index in [1.165, 1.54) is 0 Å². The van der Waals surface area contributed by atoms with E-state index in [0.717, 1.165) is 26.0 Å². The molecule has 0 aromatic carbocycles. The summed E-state index contributed by atoms with van der Waals surface area (Å²) in [5.41, 5.74) is 0.994. The molecule has 0 aliphatic heterocycles. The summed E-state index contributed by atoms with van der Waals surface area (Å²) in [6.07, 6.45) is 1.50. The van der Waals surface area contributed by atoms with Gasteiger partial charge in [-0.3, -0.25) is 0 Å². The van der Waals surface area contributed by atoms with E-state index in [2.05, 4.69) is 38.8 Å². The molecule has 0 aliphatic rings. The van der Waals surface area contributed by atoms with Crippen molar-refractivity contribution in [2.24, 2.45) is 0 Å². The van der Waals surface area contributed by atoms with Crippen LogP contribution in [0.3, 0.4) is 0 Å². The first-order valence-corrected chi connectivity index (χ1v) is 6.18. The zero-order valence-electron chi connectivity index (χ0n) is 6.68. The highest BCUT2D eigenvalue weighted by Gasteiger charge is 2.12. The number of thiophene rings is 1. The van der Waals surface area contributed by atoms with Crippen molar-refractivity contribution in [1.82, 2.24) is 0 Å². The van der Waals surface area contributed by atoms with E-state index in [0.29, 0.717) is 0 Å². The fourth-order valence-electron chi connectivity index (χ4n) is 1.01. The van der Waals surface area contributed by atoms with E-state index in [1.54, 1.807) is 11.3 Å². The van der Waals surface area contributed by atoms with Gasteiger partial charge in [-0.1, -0.05) is 13.3 Å². The summed E-state index contributed by atoms with van der Waals surface area (Å²) in [7, 11) is 0. The predicted octanol–water partition coefficient (Wildman–Crippen LogP) is 4.11. The minimum absolute atomic E-state index is 0.327. The van der Waals surface area contributed by atoms with Gasteiger partial charge in [0.15, 0.2) is 0 Å². The van der Waals surface area contributed by atoms with Crippen LogP contribution < -0.4 is 0 Å². The average Bonchev–Trinajstić information content (AvgIpc) is 2.30. The molecule has 12 heavy (non-hydrogen) atoms. The van der Waals surface area contributed by atoms with Gasteiger partial charge in [0.25, 0.3) is 0 Å². The Balaban J connectivity index is 2.79. The Morgan fingerprint density at radius 3 is 2.67 bits per heavy atom. The number of halogens is 2. The van der Waals surface area contributed by atoms with Crippen LogP contribution in [0.4, 0.5) is 0 Å². The van der Waals surface area contributed by atoms with Gasteiger partial charge in [0.2, 0.25) is 0 Å². The normalized spacial score (nSPS) is 13.3. The predicted molar refractivity (Wildman–Crippen MR) is 59.6 cm³/mol. The second-order valence-corrected chi connectivity index (χ2v) is 6.33. The van der Waals surface area contributed by atoms with Gasteiger partial charge in [0.1, 0.15) is 0 Å². The molecule has 1 rings (SSSR count). The van der Waals surface area contributed by atoms with E-state index in [9.17, 15) is 5.11 Å². The Labute approximate surface area is 93.1 Å². The molecule has 1 heterocycles. The SMILES string of the molecule is CCCC(O)c1cc(Br)sc1Br. The molecular weight excluding hydrogens is 304 g/mol. The number of hydrogen-bond donors (Lipinski definition) is 1. The highest BCUT2D eigenvalue weighted by atomic mass is 79.9. The average molecular weight is 314 g/mol. The van der Waals surface area contributed by atoms with E-state index in [4.69, 9.17) is 0 Å². The van der Waals surface area contributed by atoms with Gasteiger partial charge in [-0.15, -0.1) is 11.3 Å². The summed E-state index contributed by atoms with van der Waals surface area (Å²) in [5.74, 6) is 0. The summed E-state index contributed by atoms with van der Waals surface area (Å²) in [6, 6.07) is 1.97. The van der Waals surface area contributed by atoms with Crippen molar-refractivity contribution >= 4 is 43.2 Å². The van der Waals surface area contributed by atoms with Gasteiger partial charge in [-0.25, -0.2) is 0 Å². The van der Waals surface area contributed by atoms with Gasteiger partial charge in [-0.2, -0.15) is 0 Å². The van der Waals surface area contributed by atoms with E-state index < -0.39 is 0 Å². The molecule has 1 aromatic rings. The first-order chi connectivity index (χ1) is 5.65. The van der Waals surface area contributed by atoms with Crippen LogP contribution in [0, 0.1) is 0 Å². The summed E-state index contributed by atoms with van der Waals surface area (Å²) < 4.78 is 2.08.